The Morgan fingerprint density at radius 1 is 1.24 bits per heavy atom. The standard InChI is InChI=1S/C19H25FO/c1-5-18(16-9-11-17(20)12-10-16)19(21)13-15(4)8-6-7-14(2)3/h5,7,9-13,18-19,21H,1,6,8H2,2-4H3/b15-13+. The molecular formula is C19H25FO. The molecule has 0 heterocycles. The number of benzene rings is 1. The summed E-state index contributed by atoms with van der Waals surface area (Å²) in [5, 5.41) is 10.4. The zero-order valence-corrected chi connectivity index (χ0v) is 13.1. The molecule has 1 rings (SSSR count). The Morgan fingerprint density at radius 2 is 1.86 bits per heavy atom. The summed E-state index contributed by atoms with van der Waals surface area (Å²) < 4.78 is 13.0. The van der Waals surface area contributed by atoms with Gasteiger partial charge < -0.3 is 5.11 Å². The zero-order valence-electron chi connectivity index (χ0n) is 13.1. The predicted molar refractivity (Wildman–Crippen MR) is 87.8 cm³/mol. The fourth-order valence-electron chi connectivity index (χ4n) is 2.22. The van der Waals surface area contributed by atoms with Gasteiger partial charge in [0.1, 0.15) is 5.82 Å². The van der Waals surface area contributed by atoms with Crippen molar-refractivity contribution < 1.29 is 9.50 Å². The Bertz CT molecular complexity index is 507. The molecule has 2 unspecified atom stereocenters. The maximum absolute atomic E-state index is 13.0. The first-order valence-electron chi connectivity index (χ1n) is 7.30. The monoisotopic (exact) mass is 288 g/mol. The Morgan fingerprint density at radius 3 is 2.38 bits per heavy atom. The van der Waals surface area contributed by atoms with Gasteiger partial charge in [0.2, 0.25) is 0 Å². The van der Waals surface area contributed by atoms with Crippen LogP contribution in [0.1, 0.15) is 45.1 Å². The molecular weight excluding hydrogens is 263 g/mol. The molecule has 0 saturated heterocycles. The third kappa shape index (κ3) is 6.09. The van der Waals surface area contributed by atoms with Gasteiger partial charge in [0.05, 0.1) is 6.10 Å². The lowest BCUT2D eigenvalue weighted by Crippen LogP contribution is -2.14. The SMILES string of the molecule is C=CC(c1ccc(F)cc1)C(O)/C=C(\C)CCC=C(C)C. The molecule has 1 N–H and O–H groups in total. The van der Waals surface area contributed by atoms with Crippen LogP contribution in [0, 0.1) is 5.82 Å². The lowest BCUT2D eigenvalue weighted by molar-refractivity contribution is 0.206. The highest BCUT2D eigenvalue weighted by atomic mass is 19.1. The first kappa shape index (κ1) is 17.4. The van der Waals surface area contributed by atoms with E-state index < -0.39 is 6.10 Å². The number of halogens is 1. The van der Waals surface area contributed by atoms with Crippen LogP contribution in [0.5, 0.6) is 0 Å². The highest BCUT2D eigenvalue weighted by molar-refractivity contribution is 5.27. The lowest BCUT2D eigenvalue weighted by Gasteiger charge is -2.18. The van der Waals surface area contributed by atoms with Gasteiger partial charge >= 0.3 is 0 Å². The van der Waals surface area contributed by atoms with E-state index >= 15 is 0 Å². The first-order valence-corrected chi connectivity index (χ1v) is 7.30. The summed E-state index contributed by atoms with van der Waals surface area (Å²) in [6.07, 6.45) is 7.03. The van der Waals surface area contributed by atoms with Crippen LogP contribution in [0.3, 0.4) is 0 Å². The van der Waals surface area contributed by atoms with E-state index in [9.17, 15) is 9.50 Å². The molecule has 0 aliphatic heterocycles. The largest absolute Gasteiger partial charge is 0.388 e. The molecule has 0 fully saturated rings. The molecule has 0 aliphatic rings. The van der Waals surface area contributed by atoms with E-state index in [1.807, 2.05) is 13.0 Å². The minimum atomic E-state index is -0.639. The minimum Gasteiger partial charge on any atom is -0.388 e. The van der Waals surface area contributed by atoms with Gasteiger partial charge in [-0.25, -0.2) is 4.39 Å². The molecule has 0 aliphatic carbocycles. The third-order valence-electron chi connectivity index (χ3n) is 3.42. The van der Waals surface area contributed by atoms with Crippen molar-refractivity contribution in [1.82, 2.24) is 0 Å². The van der Waals surface area contributed by atoms with Crippen molar-refractivity contribution in [2.24, 2.45) is 0 Å². The number of hydrogen-bond acceptors (Lipinski definition) is 1. The molecule has 0 saturated carbocycles. The maximum atomic E-state index is 13.0. The molecule has 0 aromatic heterocycles. The average molecular weight is 288 g/mol. The maximum Gasteiger partial charge on any atom is 0.123 e. The quantitative estimate of drug-likeness (QED) is 0.688. The van der Waals surface area contributed by atoms with Gasteiger partial charge in [0.25, 0.3) is 0 Å². The molecule has 2 atom stereocenters. The summed E-state index contributed by atoms with van der Waals surface area (Å²) in [7, 11) is 0. The van der Waals surface area contributed by atoms with Gasteiger partial charge in [-0.15, -0.1) is 6.58 Å². The number of hydrogen-bond donors (Lipinski definition) is 1. The zero-order chi connectivity index (χ0) is 15.8. The van der Waals surface area contributed by atoms with Crippen molar-refractivity contribution in [3.05, 3.63) is 71.6 Å². The number of aliphatic hydroxyl groups excluding tert-OH is 1. The van der Waals surface area contributed by atoms with Gasteiger partial charge in [-0.3, -0.25) is 0 Å². The van der Waals surface area contributed by atoms with Crippen molar-refractivity contribution in [2.45, 2.75) is 45.6 Å². The molecule has 0 radical (unpaired) electrons. The van der Waals surface area contributed by atoms with E-state index in [0.29, 0.717) is 0 Å². The van der Waals surface area contributed by atoms with Crippen molar-refractivity contribution in [3.63, 3.8) is 0 Å². The van der Waals surface area contributed by atoms with Crippen molar-refractivity contribution in [1.29, 1.82) is 0 Å². The molecule has 2 heteroatoms. The van der Waals surface area contributed by atoms with Crippen LogP contribution in [-0.2, 0) is 0 Å². The summed E-state index contributed by atoms with van der Waals surface area (Å²) in [6, 6.07) is 6.20. The van der Waals surface area contributed by atoms with Gasteiger partial charge in [0.15, 0.2) is 0 Å². The van der Waals surface area contributed by atoms with Crippen molar-refractivity contribution in [2.75, 3.05) is 0 Å². The molecule has 1 nitrogen and oxygen atoms in total. The second-order valence-corrected chi connectivity index (χ2v) is 5.64. The number of rotatable bonds is 7. The Labute approximate surface area is 127 Å². The fourth-order valence-corrected chi connectivity index (χ4v) is 2.22. The second kappa shape index (κ2) is 8.58. The Balaban J connectivity index is 2.74. The molecule has 1 aromatic rings. The predicted octanol–water partition coefficient (Wildman–Crippen LogP) is 5.15. The molecule has 0 bridgehead atoms. The lowest BCUT2D eigenvalue weighted by atomic mass is 9.92. The van der Waals surface area contributed by atoms with E-state index in [1.54, 1.807) is 18.2 Å². The average Bonchev–Trinajstić information content (AvgIpc) is 2.41. The topological polar surface area (TPSA) is 20.2 Å². The van der Waals surface area contributed by atoms with Gasteiger partial charge in [0, 0.05) is 5.92 Å². The van der Waals surface area contributed by atoms with Crippen LogP contribution < -0.4 is 0 Å². The van der Waals surface area contributed by atoms with Crippen molar-refractivity contribution >= 4 is 0 Å². The summed E-state index contributed by atoms with van der Waals surface area (Å²) >= 11 is 0. The van der Waals surface area contributed by atoms with Gasteiger partial charge in [-0.05, 0) is 51.3 Å². The van der Waals surface area contributed by atoms with Crippen molar-refractivity contribution in [3.8, 4) is 0 Å². The molecule has 0 amide bonds. The normalized spacial score (nSPS) is 14.4. The Kier molecular flexibility index (Phi) is 7.10. The van der Waals surface area contributed by atoms with E-state index in [-0.39, 0.29) is 11.7 Å². The Hall–Kier alpha value is -1.67. The second-order valence-electron chi connectivity index (χ2n) is 5.64. The van der Waals surface area contributed by atoms with E-state index in [1.165, 1.54) is 17.7 Å². The van der Waals surface area contributed by atoms with E-state index in [0.717, 1.165) is 24.0 Å². The molecule has 1 aromatic carbocycles. The smallest absolute Gasteiger partial charge is 0.123 e. The van der Waals surface area contributed by atoms with Crippen LogP contribution in [0.25, 0.3) is 0 Å². The van der Waals surface area contributed by atoms with Crippen LogP contribution in [0.4, 0.5) is 4.39 Å². The van der Waals surface area contributed by atoms with Crippen LogP contribution >= 0.6 is 0 Å². The summed E-state index contributed by atoms with van der Waals surface area (Å²) in [4.78, 5) is 0. The highest BCUT2D eigenvalue weighted by Gasteiger charge is 2.16. The van der Waals surface area contributed by atoms with Crippen LogP contribution in [0.15, 0.2) is 60.2 Å². The summed E-state index contributed by atoms with van der Waals surface area (Å²) in [5.41, 5.74) is 3.32. The van der Waals surface area contributed by atoms with E-state index in [4.69, 9.17) is 0 Å². The van der Waals surface area contributed by atoms with Gasteiger partial charge in [-0.1, -0.05) is 41.5 Å². The molecule has 114 valence electrons. The highest BCUT2D eigenvalue weighted by Crippen LogP contribution is 2.23. The summed E-state index contributed by atoms with van der Waals surface area (Å²) in [5.74, 6) is -0.492. The number of allylic oxidation sites excluding steroid dienone is 3. The fraction of sp³-hybridized carbons (Fsp3) is 0.368. The van der Waals surface area contributed by atoms with Crippen LogP contribution in [0.2, 0.25) is 0 Å². The number of aliphatic hydroxyl groups is 1. The summed E-state index contributed by atoms with van der Waals surface area (Å²) in [6.45, 7) is 9.96. The minimum absolute atomic E-state index is 0.219. The third-order valence-corrected chi connectivity index (χ3v) is 3.42. The molecule has 0 spiro atoms. The van der Waals surface area contributed by atoms with Gasteiger partial charge in [-0.2, -0.15) is 0 Å². The first-order chi connectivity index (χ1) is 9.93. The van der Waals surface area contributed by atoms with E-state index in [2.05, 4.69) is 26.5 Å². The van der Waals surface area contributed by atoms with Crippen LogP contribution in [-0.4, -0.2) is 11.2 Å². The molecule has 21 heavy (non-hydrogen) atoms.